The molecule has 12 heteroatoms. The Morgan fingerprint density at radius 2 is 2.03 bits per heavy atom. The molecule has 0 saturated carbocycles. The van der Waals surface area contributed by atoms with E-state index in [9.17, 15) is 24.3 Å². The number of hydrogen-bond donors (Lipinski definition) is 1. The second-order valence-corrected chi connectivity index (χ2v) is 9.52. The summed E-state index contributed by atoms with van der Waals surface area (Å²) in [5.74, 6) is -0.209. The maximum Gasteiger partial charge on any atom is 0.407 e. The molecule has 2 amide bonds. The summed E-state index contributed by atoms with van der Waals surface area (Å²) in [4.78, 5) is 38.9. The van der Waals surface area contributed by atoms with E-state index in [1.54, 1.807) is 18.2 Å². The molecule has 0 aliphatic carbocycles. The quantitative estimate of drug-likeness (QED) is 0.512. The summed E-state index contributed by atoms with van der Waals surface area (Å²) < 4.78 is 22.6. The molecule has 0 bridgehead atoms. The van der Waals surface area contributed by atoms with Crippen molar-refractivity contribution in [1.82, 2.24) is 19.4 Å². The number of para-hydroxylation sites is 1. The molecule has 11 nitrogen and oxygen atoms in total. The van der Waals surface area contributed by atoms with Crippen molar-refractivity contribution in [1.29, 1.82) is 5.26 Å². The molecule has 1 fully saturated rings. The Balaban J connectivity index is 1.53. The number of amides is 2. The van der Waals surface area contributed by atoms with Gasteiger partial charge in [0.25, 0.3) is 0 Å². The number of fused-ring (bicyclic) bond motifs is 1. The van der Waals surface area contributed by atoms with Gasteiger partial charge >= 0.3 is 12.1 Å². The summed E-state index contributed by atoms with van der Waals surface area (Å²) in [6.07, 6.45) is 1.31. The number of nitrogens with zero attached hydrogens (tertiary/aromatic N) is 7. The number of aromatic nitrogens is 3. The fraction of sp³-hybridized carbons (Fsp3) is 0.370. The highest BCUT2D eigenvalue weighted by molar-refractivity contribution is 5.94. The van der Waals surface area contributed by atoms with Gasteiger partial charge in [-0.05, 0) is 30.7 Å². The average molecular weight is 534 g/mol. The normalized spacial score (nSPS) is 17.4. The second kappa shape index (κ2) is 11.0. The van der Waals surface area contributed by atoms with Crippen LogP contribution in [0.15, 0.2) is 42.6 Å². The van der Waals surface area contributed by atoms with Gasteiger partial charge in [-0.15, -0.1) is 0 Å². The van der Waals surface area contributed by atoms with Gasteiger partial charge in [0.05, 0.1) is 42.2 Å². The van der Waals surface area contributed by atoms with Crippen molar-refractivity contribution in [2.24, 2.45) is 7.05 Å². The Labute approximate surface area is 224 Å². The van der Waals surface area contributed by atoms with Gasteiger partial charge in [0.15, 0.2) is 0 Å². The lowest BCUT2D eigenvalue weighted by atomic mass is 10.1. The first-order chi connectivity index (χ1) is 18.9. The molecule has 5 rings (SSSR count). The van der Waals surface area contributed by atoms with Crippen LogP contribution >= 0.6 is 0 Å². The summed E-state index contributed by atoms with van der Waals surface area (Å²) in [5.41, 5.74) is 2.34. The lowest BCUT2D eigenvalue weighted by Gasteiger charge is -2.40. The molecule has 1 aromatic carbocycles. The summed E-state index contributed by atoms with van der Waals surface area (Å²) in [6, 6.07) is 11.6. The van der Waals surface area contributed by atoms with Crippen molar-refractivity contribution in [3.05, 3.63) is 65.4 Å². The Morgan fingerprint density at radius 1 is 1.21 bits per heavy atom. The Kier molecular flexibility index (Phi) is 7.31. The molecule has 4 heterocycles. The van der Waals surface area contributed by atoms with Crippen molar-refractivity contribution in [2.75, 3.05) is 29.4 Å². The highest BCUT2D eigenvalue weighted by Crippen LogP contribution is 2.33. The molecule has 39 heavy (non-hydrogen) atoms. The molecule has 2 aliphatic rings. The minimum atomic E-state index is -1.07. The first-order valence-electron chi connectivity index (χ1n) is 12.6. The monoisotopic (exact) mass is 533 g/mol. The third-order valence-corrected chi connectivity index (χ3v) is 7.15. The zero-order chi connectivity index (χ0) is 27.5. The van der Waals surface area contributed by atoms with Crippen LogP contribution in [0, 0.1) is 17.1 Å². The van der Waals surface area contributed by atoms with Crippen LogP contribution in [-0.2, 0) is 31.4 Å². The van der Waals surface area contributed by atoms with Gasteiger partial charge in [-0.2, -0.15) is 15.2 Å². The van der Waals surface area contributed by atoms with Crippen LogP contribution in [0.5, 0.6) is 6.01 Å². The number of carbonyl (C=O) groups excluding carboxylic acids is 1. The Bertz CT molecular complexity index is 1440. The molecule has 1 atom stereocenters. The molecular formula is C27H28FN7O4. The number of piperazine rings is 1. The number of carbonyl (C=O) groups is 2. The lowest BCUT2D eigenvalue weighted by Crippen LogP contribution is -2.55. The molecule has 1 N–H and O–H groups in total. The summed E-state index contributed by atoms with van der Waals surface area (Å²) in [7, 11) is 1.90. The van der Waals surface area contributed by atoms with Crippen molar-refractivity contribution in [3.63, 3.8) is 0 Å². The van der Waals surface area contributed by atoms with Gasteiger partial charge < -0.3 is 29.1 Å². The van der Waals surface area contributed by atoms with Crippen LogP contribution in [0.3, 0.4) is 0 Å². The van der Waals surface area contributed by atoms with E-state index < -0.39 is 18.0 Å². The van der Waals surface area contributed by atoms with E-state index >= 15 is 0 Å². The van der Waals surface area contributed by atoms with E-state index in [-0.39, 0.29) is 56.7 Å². The van der Waals surface area contributed by atoms with Gasteiger partial charge in [-0.3, -0.25) is 4.79 Å². The predicted octanol–water partition coefficient (Wildman–Crippen LogP) is 3.09. The molecule has 1 saturated heterocycles. The van der Waals surface area contributed by atoms with Crippen LogP contribution in [0.1, 0.15) is 29.8 Å². The number of rotatable bonds is 6. The molecule has 0 spiro atoms. The Morgan fingerprint density at radius 3 is 2.74 bits per heavy atom. The van der Waals surface area contributed by atoms with Gasteiger partial charge in [0.1, 0.15) is 18.2 Å². The van der Waals surface area contributed by atoms with Gasteiger partial charge in [-0.25, -0.2) is 9.18 Å². The minimum absolute atomic E-state index is 0.0296. The van der Waals surface area contributed by atoms with Crippen LogP contribution in [0.4, 0.5) is 20.7 Å². The molecular weight excluding hydrogens is 505 g/mol. The molecule has 1 unspecified atom stereocenters. The predicted molar refractivity (Wildman–Crippen MR) is 139 cm³/mol. The fourth-order valence-corrected chi connectivity index (χ4v) is 5.07. The SMILES string of the molecule is Cn1cccc1COc1nc2c(c(N3CCN(C(=O)O)C(CC#N)C3)n1)CCC(=O)N(c1ccccc1F)C2. The van der Waals surface area contributed by atoms with Crippen LogP contribution in [0.2, 0.25) is 0 Å². The first-order valence-corrected chi connectivity index (χ1v) is 12.6. The molecule has 2 aliphatic heterocycles. The van der Waals surface area contributed by atoms with E-state index in [2.05, 4.69) is 11.1 Å². The maximum absolute atomic E-state index is 14.7. The van der Waals surface area contributed by atoms with E-state index in [0.29, 0.717) is 24.5 Å². The lowest BCUT2D eigenvalue weighted by molar-refractivity contribution is -0.118. The number of anilines is 2. The average Bonchev–Trinajstić information content (AvgIpc) is 3.26. The van der Waals surface area contributed by atoms with Gasteiger partial charge in [-0.1, -0.05) is 12.1 Å². The van der Waals surface area contributed by atoms with E-state index in [0.717, 1.165) is 11.3 Å². The molecule has 202 valence electrons. The maximum atomic E-state index is 14.7. The number of aryl methyl sites for hydroxylation is 1. The van der Waals surface area contributed by atoms with Crippen molar-refractivity contribution >= 4 is 23.5 Å². The third kappa shape index (κ3) is 5.34. The number of ether oxygens (including phenoxy) is 1. The molecule has 2 aromatic heterocycles. The summed E-state index contributed by atoms with van der Waals surface area (Å²) >= 11 is 0. The van der Waals surface area contributed by atoms with E-state index in [4.69, 9.17) is 9.72 Å². The zero-order valence-corrected chi connectivity index (χ0v) is 21.5. The van der Waals surface area contributed by atoms with E-state index in [1.165, 1.54) is 15.9 Å². The van der Waals surface area contributed by atoms with Crippen molar-refractivity contribution < 1.29 is 23.8 Å². The second-order valence-electron chi connectivity index (χ2n) is 9.52. The van der Waals surface area contributed by atoms with Crippen molar-refractivity contribution in [3.8, 4) is 12.1 Å². The minimum Gasteiger partial charge on any atom is -0.465 e. The largest absolute Gasteiger partial charge is 0.465 e. The Hall–Kier alpha value is -4.66. The van der Waals surface area contributed by atoms with Gasteiger partial charge in [0.2, 0.25) is 5.91 Å². The molecule has 3 aromatic rings. The number of benzene rings is 1. The van der Waals surface area contributed by atoms with Crippen LogP contribution in [-0.4, -0.2) is 62.2 Å². The molecule has 0 radical (unpaired) electrons. The topological polar surface area (TPSA) is 128 Å². The van der Waals surface area contributed by atoms with Crippen molar-refractivity contribution in [2.45, 2.75) is 38.5 Å². The smallest absolute Gasteiger partial charge is 0.407 e. The standard InChI is InChI=1S/C27H28FN7O4/c1-32-12-4-5-19(32)17-39-26-30-22-16-35(23-7-3-2-6-21(23)28)24(36)9-8-20(22)25(31-26)33-13-14-34(27(37)38)18(15-33)10-11-29/h2-7,12,18H,8-10,13-17H2,1H3,(H,37,38). The van der Waals surface area contributed by atoms with Gasteiger partial charge in [0, 0.05) is 44.9 Å². The highest BCUT2D eigenvalue weighted by atomic mass is 19.1. The fourth-order valence-electron chi connectivity index (χ4n) is 5.07. The number of hydrogen-bond acceptors (Lipinski definition) is 7. The van der Waals surface area contributed by atoms with E-state index in [1.807, 2.05) is 34.8 Å². The van der Waals surface area contributed by atoms with Crippen LogP contribution < -0.4 is 14.5 Å². The summed E-state index contributed by atoms with van der Waals surface area (Å²) in [6.45, 7) is 1.04. The number of carboxylic acid groups (broad SMARTS) is 1. The number of nitriles is 1. The highest BCUT2D eigenvalue weighted by Gasteiger charge is 2.34. The first kappa shape index (κ1) is 26.0. The summed E-state index contributed by atoms with van der Waals surface area (Å²) in [5, 5.41) is 18.9. The zero-order valence-electron chi connectivity index (χ0n) is 21.5. The number of halogens is 1. The third-order valence-electron chi connectivity index (χ3n) is 7.15. The van der Waals surface area contributed by atoms with Crippen LogP contribution in [0.25, 0.3) is 0 Å².